The molecular formula is C13H8BrO2. The van der Waals surface area contributed by atoms with E-state index in [1.807, 2.05) is 36.4 Å². The van der Waals surface area contributed by atoms with Gasteiger partial charge in [-0.1, -0.05) is 40.2 Å². The molecule has 79 valence electrons. The minimum atomic E-state index is 0.496. The van der Waals surface area contributed by atoms with Gasteiger partial charge in [-0.3, -0.25) is 0 Å². The minimum absolute atomic E-state index is 0.496. The molecule has 1 radical (unpaired) electrons. The summed E-state index contributed by atoms with van der Waals surface area (Å²) < 4.78 is 5.65. The van der Waals surface area contributed by atoms with Gasteiger partial charge in [0.1, 0.15) is 5.75 Å². The largest absolute Gasteiger partial charge is 0.423 e. The van der Waals surface area contributed by atoms with E-state index in [0.717, 1.165) is 15.6 Å². The van der Waals surface area contributed by atoms with Crippen LogP contribution in [0.4, 0.5) is 0 Å². The Kier molecular flexibility index (Phi) is 3.37. The third-order valence-corrected chi connectivity index (χ3v) is 2.72. The molecule has 0 fully saturated rings. The lowest BCUT2D eigenvalue weighted by molar-refractivity contribution is 0.443. The highest BCUT2D eigenvalue weighted by atomic mass is 79.9. The molecule has 2 rings (SSSR count). The zero-order valence-corrected chi connectivity index (χ0v) is 9.90. The Hall–Kier alpha value is -1.61. The maximum absolute atomic E-state index is 10.0. The van der Waals surface area contributed by atoms with Crippen molar-refractivity contribution in [1.82, 2.24) is 0 Å². The van der Waals surface area contributed by atoms with Crippen LogP contribution in [-0.2, 0) is 4.79 Å². The van der Waals surface area contributed by atoms with Crippen molar-refractivity contribution in [1.29, 1.82) is 0 Å². The molecule has 0 bridgehead atoms. The number of hydrogen-bond acceptors (Lipinski definition) is 2. The molecule has 2 aromatic rings. The number of ether oxygens (including phenoxy) is 1. The van der Waals surface area contributed by atoms with Gasteiger partial charge in [0.05, 0.1) is 0 Å². The van der Waals surface area contributed by atoms with Crippen LogP contribution in [-0.4, -0.2) is 6.47 Å². The summed E-state index contributed by atoms with van der Waals surface area (Å²) in [6.45, 7) is 1.39. The summed E-state index contributed by atoms with van der Waals surface area (Å²) >= 11 is 3.39. The molecule has 2 nitrogen and oxygen atoms in total. The van der Waals surface area contributed by atoms with Crippen molar-refractivity contribution in [2.24, 2.45) is 0 Å². The van der Waals surface area contributed by atoms with E-state index in [0.29, 0.717) is 5.75 Å². The molecule has 2 aromatic carbocycles. The fourth-order valence-corrected chi connectivity index (χ4v) is 1.67. The Bertz CT molecular complexity index is 474. The summed E-state index contributed by atoms with van der Waals surface area (Å²) in [5, 5.41) is 0. The van der Waals surface area contributed by atoms with Gasteiger partial charge in [-0.2, -0.15) is 0 Å². The highest BCUT2D eigenvalue weighted by molar-refractivity contribution is 9.10. The Morgan fingerprint density at radius 2 is 1.38 bits per heavy atom. The van der Waals surface area contributed by atoms with E-state index in [1.165, 1.54) is 6.47 Å². The average molecular weight is 276 g/mol. The fourth-order valence-electron chi connectivity index (χ4n) is 1.41. The van der Waals surface area contributed by atoms with E-state index in [4.69, 9.17) is 0 Å². The van der Waals surface area contributed by atoms with Crippen LogP contribution in [0.5, 0.6) is 5.75 Å². The first-order valence-electron chi connectivity index (χ1n) is 4.69. The van der Waals surface area contributed by atoms with Crippen molar-refractivity contribution >= 4 is 22.4 Å². The SMILES string of the molecule is O=[C]Oc1ccc(-c2ccc(Br)cc2)cc1. The second kappa shape index (κ2) is 4.94. The van der Waals surface area contributed by atoms with Crippen molar-refractivity contribution < 1.29 is 9.53 Å². The number of carbonyl (C=O) groups excluding carboxylic acids is 1. The van der Waals surface area contributed by atoms with Gasteiger partial charge in [-0.15, -0.1) is 0 Å². The second-order valence-corrected chi connectivity index (χ2v) is 4.13. The van der Waals surface area contributed by atoms with Gasteiger partial charge >= 0.3 is 6.47 Å². The van der Waals surface area contributed by atoms with Crippen LogP contribution < -0.4 is 4.74 Å². The highest BCUT2D eigenvalue weighted by Gasteiger charge is 1.98. The van der Waals surface area contributed by atoms with E-state index in [1.54, 1.807) is 12.1 Å². The van der Waals surface area contributed by atoms with Gasteiger partial charge in [0.15, 0.2) is 0 Å². The predicted molar refractivity (Wildman–Crippen MR) is 65.9 cm³/mol. The molecule has 0 heterocycles. The maximum Gasteiger partial charge on any atom is 0.423 e. The maximum atomic E-state index is 10.0. The zero-order valence-electron chi connectivity index (χ0n) is 8.31. The minimum Gasteiger partial charge on any atom is -0.418 e. The van der Waals surface area contributed by atoms with Gasteiger partial charge in [0, 0.05) is 4.47 Å². The first-order chi connectivity index (χ1) is 7.79. The molecule has 0 amide bonds. The molecule has 0 aliphatic carbocycles. The normalized spacial score (nSPS) is 9.81. The third-order valence-electron chi connectivity index (χ3n) is 2.19. The molecule has 0 aromatic heterocycles. The zero-order chi connectivity index (χ0) is 11.4. The molecule has 3 heteroatoms. The molecule has 0 spiro atoms. The summed E-state index contributed by atoms with van der Waals surface area (Å²) in [7, 11) is 0. The molecule has 0 saturated carbocycles. The van der Waals surface area contributed by atoms with Gasteiger partial charge in [-0.05, 0) is 35.4 Å². The first kappa shape index (κ1) is 10.9. The Morgan fingerprint density at radius 3 is 1.88 bits per heavy atom. The van der Waals surface area contributed by atoms with Crippen molar-refractivity contribution in [2.45, 2.75) is 0 Å². The van der Waals surface area contributed by atoms with Gasteiger partial charge < -0.3 is 4.74 Å². The third kappa shape index (κ3) is 2.49. The molecule has 0 saturated heterocycles. The summed E-state index contributed by atoms with van der Waals surface area (Å²) in [6.07, 6.45) is 0. The molecule has 0 unspecified atom stereocenters. The smallest absolute Gasteiger partial charge is 0.418 e. The van der Waals surface area contributed by atoms with Crippen LogP contribution in [0, 0.1) is 0 Å². The van der Waals surface area contributed by atoms with Crippen molar-refractivity contribution in [3.63, 3.8) is 0 Å². The molecular weight excluding hydrogens is 268 g/mol. The van der Waals surface area contributed by atoms with E-state index >= 15 is 0 Å². The number of halogens is 1. The Labute approximate surface area is 102 Å². The summed E-state index contributed by atoms with van der Waals surface area (Å²) in [6, 6.07) is 15.3. The number of benzene rings is 2. The van der Waals surface area contributed by atoms with Crippen molar-refractivity contribution in [3.05, 3.63) is 53.0 Å². The Balaban J connectivity index is 2.27. The van der Waals surface area contributed by atoms with E-state index in [9.17, 15) is 4.79 Å². The van der Waals surface area contributed by atoms with Crippen LogP contribution >= 0.6 is 15.9 Å². The molecule has 0 atom stereocenters. The second-order valence-electron chi connectivity index (χ2n) is 3.22. The molecule has 0 aliphatic rings. The quantitative estimate of drug-likeness (QED) is 0.856. The van der Waals surface area contributed by atoms with Crippen LogP contribution in [0.3, 0.4) is 0 Å². The predicted octanol–water partition coefficient (Wildman–Crippen LogP) is 3.56. The monoisotopic (exact) mass is 275 g/mol. The number of rotatable bonds is 3. The standard InChI is InChI=1S/C13H8BrO2/c14-12-5-1-10(2-6-12)11-3-7-13(8-4-11)16-9-15/h1-8H. The average Bonchev–Trinajstić information content (AvgIpc) is 2.32. The molecule has 0 aliphatic heterocycles. The van der Waals surface area contributed by atoms with Crippen LogP contribution in [0.2, 0.25) is 0 Å². The lowest BCUT2D eigenvalue weighted by Gasteiger charge is -2.02. The molecule has 0 N–H and O–H groups in total. The lowest BCUT2D eigenvalue weighted by atomic mass is 10.1. The fraction of sp³-hybridized carbons (Fsp3) is 0. The number of hydrogen-bond donors (Lipinski definition) is 0. The van der Waals surface area contributed by atoms with E-state index in [-0.39, 0.29) is 0 Å². The van der Waals surface area contributed by atoms with Gasteiger partial charge in [0.2, 0.25) is 0 Å². The summed E-state index contributed by atoms with van der Waals surface area (Å²) in [4.78, 5) is 10.0. The van der Waals surface area contributed by atoms with E-state index < -0.39 is 0 Å². The lowest BCUT2D eigenvalue weighted by Crippen LogP contribution is -1.87. The van der Waals surface area contributed by atoms with Crippen molar-refractivity contribution in [3.8, 4) is 16.9 Å². The van der Waals surface area contributed by atoms with Crippen LogP contribution in [0.25, 0.3) is 11.1 Å². The van der Waals surface area contributed by atoms with E-state index in [2.05, 4.69) is 20.7 Å². The van der Waals surface area contributed by atoms with Crippen LogP contribution in [0.1, 0.15) is 0 Å². The van der Waals surface area contributed by atoms with Crippen molar-refractivity contribution in [2.75, 3.05) is 0 Å². The van der Waals surface area contributed by atoms with Gasteiger partial charge in [-0.25, -0.2) is 4.79 Å². The topological polar surface area (TPSA) is 26.3 Å². The highest BCUT2D eigenvalue weighted by Crippen LogP contribution is 2.23. The van der Waals surface area contributed by atoms with Crippen LogP contribution in [0.15, 0.2) is 53.0 Å². The Morgan fingerprint density at radius 1 is 0.875 bits per heavy atom. The molecule has 16 heavy (non-hydrogen) atoms. The van der Waals surface area contributed by atoms with Gasteiger partial charge in [0.25, 0.3) is 0 Å². The summed E-state index contributed by atoms with van der Waals surface area (Å²) in [5.41, 5.74) is 2.19. The first-order valence-corrected chi connectivity index (χ1v) is 5.49. The summed E-state index contributed by atoms with van der Waals surface area (Å²) in [5.74, 6) is 0.496.